The lowest BCUT2D eigenvalue weighted by atomic mass is 9.95. The maximum atomic E-state index is 12.9. The van der Waals surface area contributed by atoms with Crippen LogP contribution in [-0.4, -0.2) is 72.8 Å². The van der Waals surface area contributed by atoms with Crippen molar-refractivity contribution in [3.8, 4) is 0 Å². The molecule has 0 saturated carbocycles. The standard InChI is InChI=1S/C23H31ClN4O5/c1-5-32-20(29)18-17(25-21(30)26-19(18)15-7-6-8-16(24)13-15)14-27-9-11-28(12-10-27)22(31)33-23(2,3)4/h6-8,13,19H,5,9-12,14H2,1-4H3,(H2,25,26,30)/t19-/m0/s1. The number of piperazine rings is 1. The van der Waals surface area contributed by atoms with E-state index in [0.717, 1.165) is 0 Å². The zero-order valence-corrected chi connectivity index (χ0v) is 20.2. The molecule has 9 nitrogen and oxygen atoms in total. The van der Waals surface area contributed by atoms with Crippen LogP contribution < -0.4 is 10.6 Å². The highest BCUT2D eigenvalue weighted by Gasteiger charge is 2.35. The third kappa shape index (κ3) is 6.61. The Balaban J connectivity index is 1.80. The third-order valence-corrected chi connectivity index (χ3v) is 5.47. The fourth-order valence-corrected chi connectivity index (χ4v) is 3.97. The van der Waals surface area contributed by atoms with Crippen LogP contribution in [0.4, 0.5) is 9.59 Å². The molecule has 33 heavy (non-hydrogen) atoms. The first-order valence-electron chi connectivity index (χ1n) is 11.0. The minimum atomic E-state index is -0.686. The molecule has 0 aromatic heterocycles. The molecule has 0 aliphatic carbocycles. The molecule has 10 heteroatoms. The van der Waals surface area contributed by atoms with Crippen LogP contribution in [0.5, 0.6) is 0 Å². The number of benzene rings is 1. The number of carbonyl (C=O) groups excluding carboxylic acids is 3. The highest BCUT2D eigenvalue weighted by atomic mass is 35.5. The van der Waals surface area contributed by atoms with Gasteiger partial charge in [0.25, 0.3) is 0 Å². The molecule has 2 aliphatic heterocycles. The summed E-state index contributed by atoms with van der Waals surface area (Å²) < 4.78 is 10.8. The van der Waals surface area contributed by atoms with Crippen molar-refractivity contribution in [1.82, 2.24) is 20.4 Å². The van der Waals surface area contributed by atoms with Gasteiger partial charge in [0.2, 0.25) is 0 Å². The summed E-state index contributed by atoms with van der Waals surface area (Å²) in [5.41, 5.74) is 0.955. The molecule has 0 bridgehead atoms. The Hall–Kier alpha value is -2.78. The average molecular weight is 479 g/mol. The lowest BCUT2D eigenvalue weighted by Gasteiger charge is -2.37. The van der Waals surface area contributed by atoms with Crippen LogP contribution in [0.3, 0.4) is 0 Å². The van der Waals surface area contributed by atoms with Gasteiger partial charge in [0.15, 0.2) is 0 Å². The summed E-state index contributed by atoms with van der Waals surface area (Å²) in [5.74, 6) is -0.502. The molecule has 1 fully saturated rings. The molecule has 3 rings (SSSR count). The van der Waals surface area contributed by atoms with Gasteiger partial charge in [-0.05, 0) is 45.4 Å². The molecule has 1 aromatic carbocycles. The fourth-order valence-electron chi connectivity index (χ4n) is 3.77. The summed E-state index contributed by atoms with van der Waals surface area (Å²) >= 11 is 6.15. The second kappa shape index (κ2) is 10.4. The van der Waals surface area contributed by atoms with E-state index < -0.39 is 23.6 Å². The lowest BCUT2D eigenvalue weighted by molar-refractivity contribution is -0.139. The molecule has 2 heterocycles. The second-order valence-electron chi connectivity index (χ2n) is 8.94. The van der Waals surface area contributed by atoms with Crippen LogP contribution in [0.25, 0.3) is 0 Å². The molecule has 2 N–H and O–H groups in total. The van der Waals surface area contributed by atoms with Crippen molar-refractivity contribution in [2.45, 2.75) is 39.3 Å². The van der Waals surface area contributed by atoms with Crippen LogP contribution >= 0.6 is 11.6 Å². The Morgan fingerprint density at radius 2 is 1.88 bits per heavy atom. The monoisotopic (exact) mass is 478 g/mol. The van der Waals surface area contributed by atoms with Crippen molar-refractivity contribution in [1.29, 1.82) is 0 Å². The first-order valence-corrected chi connectivity index (χ1v) is 11.4. The van der Waals surface area contributed by atoms with Crippen LogP contribution in [0.15, 0.2) is 35.5 Å². The number of ether oxygens (including phenoxy) is 2. The van der Waals surface area contributed by atoms with Gasteiger partial charge in [-0.2, -0.15) is 0 Å². The SMILES string of the molecule is CCOC(=O)C1=C(CN2CCN(C(=O)OC(C)(C)C)CC2)NC(=O)N[C@H]1c1cccc(Cl)c1. The van der Waals surface area contributed by atoms with Crippen LogP contribution in [0, 0.1) is 0 Å². The molecule has 0 unspecified atom stereocenters. The molecular weight excluding hydrogens is 448 g/mol. The van der Waals surface area contributed by atoms with E-state index in [1.54, 1.807) is 36.1 Å². The van der Waals surface area contributed by atoms with E-state index in [4.69, 9.17) is 21.1 Å². The number of amides is 3. The molecule has 1 saturated heterocycles. The maximum Gasteiger partial charge on any atom is 0.410 e. The van der Waals surface area contributed by atoms with Crippen molar-refractivity contribution >= 4 is 29.7 Å². The molecule has 180 valence electrons. The molecule has 1 atom stereocenters. The first kappa shape index (κ1) is 24.9. The van der Waals surface area contributed by atoms with Gasteiger partial charge >= 0.3 is 18.1 Å². The Morgan fingerprint density at radius 1 is 1.18 bits per heavy atom. The largest absolute Gasteiger partial charge is 0.463 e. The number of nitrogens with zero attached hydrogens (tertiary/aromatic N) is 2. The molecule has 3 amide bonds. The Bertz CT molecular complexity index is 935. The summed E-state index contributed by atoms with van der Waals surface area (Å²) in [6.45, 7) is 9.90. The van der Waals surface area contributed by atoms with Gasteiger partial charge in [0.1, 0.15) is 5.60 Å². The highest BCUT2D eigenvalue weighted by molar-refractivity contribution is 6.30. The third-order valence-electron chi connectivity index (χ3n) is 5.24. The smallest absolute Gasteiger partial charge is 0.410 e. The van der Waals surface area contributed by atoms with E-state index in [9.17, 15) is 14.4 Å². The number of carbonyl (C=O) groups is 3. The van der Waals surface area contributed by atoms with Gasteiger partial charge in [-0.1, -0.05) is 23.7 Å². The van der Waals surface area contributed by atoms with Crippen LogP contribution in [0.2, 0.25) is 5.02 Å². The topological polar surface area (TPSA) is 100 Å². The predicted octanol–water partition coefficient (Wildman–Crippen LogP) is 3.06. The average Bonchev–Trinajstić information content (AvgIpc) is 2.72. The molecular formula is C23H31ClN4O5. The van der Waals surface area contributed by atoms with E-state index in [1.807, 2.05) is 20.8 Å². The van der Waals surface area contributed by atoms with Gasteiger partial charge in [0, 0.05) is 43.4 Å². The quantitative estimate of drug-likeness (QED) is 0.631. The Kier molecular flexibility index (Phi) is 7.86. The van der Waals surface area contributed by atoms with Gasteiger partial charge in [-0.25, -0.2) is 14.4 Å². The van der Waals surface area contributed by atoms with Gasteiger partial charge < -0.3 is 25.0 Å². The highest BCUT2D eigenvalue weighted by Crippen LogP contribution is 2.29. The van der Waals surface area contributed by atoms with Crippen molar-refractivity contribution < 1.29 is 23.9 Å². The van der Waals surface area contributed by atoms with Crippen LogP contribution in [0.1, 0.15) is 39.3 Å². The van der Waals surface area contributed by atoms with Gasteiger partial charge in [-0.3, -0.25) is 4.90 Å². The molecule has 2 aliphatic rings. The van der Waals surface area contributed by atoms with Gasteiger partial charge in [0.05, 0.1) is 18.2 Å². The number of halogens is 1. The number of rotatable bonds is 5. The van der Waals surface area contributed by atoms with Crippen LogP contribution in [-0.2, 0) is 14.3 Å². The second-order valence-corrected chi connectivity index (χ2v) is 9.38. The van der Waals surface area contributed by atoms with Gasteiger partial charge in [-0.15, -0.1) is 0 Å². The lowest BCUT2D eigenvalue weighted by Crippen LogP contribution is -2.53. The Morgan fingerprint density at radius 3 is 2.48 bits per heavy atom. The number of nitrogens with one attached hydrogen (secondary N) is 2. The summed E-state index contributed by atoms with van der Waals surface area (Å²) in [7, 11) is 0. The summed E-state index contributed by atoms with van der Waals surface area (Å²) in [6.07, 6.45) is -0.343. The number of esters is 1. The Labute approximate surface area is 199 Å². The first-order chi connectivity index (χ1) is 15.6. The van der Waals surface area contributed by atoms with E-state index in [1.165, 1.54) is 0 Å². The number of urea groups is 1. The zero-order valence-electron chi connectivity index (χ0n) is 19.4. The van der Waals surface area contributed by atoms with E-state index in [0.29, 0.717) is 54.6 Å². The van der Waals surface area contributed by atoms with Crippen molar-refractivity contribution in [2.75, 3.05) is 39.3 Å². The zero-order chi connectivity index (χ0) is 24.2. The van der Waals surface area contributed by atoms with Crippen molar-refractivity contribution in [2.24, 2.45) is 0 Å². The number of hydrogen-bond donors (Lipinski definition) is 2. The van der Waals surface area contributed by atoms with Crippen molar-refractivity contribution in [3.63, 3.8) is 0 Å². The normalized spacial score (nSPS) is 19.6. The maximum absolute atomic E-state index is 12.9. The summed E-state index contributed by atoms with van der Waals surface area (Å²) in [4.78, 5) is 41.4. The van der Waals surface area contributed by atoms with Crippen molar-refractivity contribution in [3.05, 3.63) is 46.1 Å². The molecule has 0 spiro atoms. The number of hydrogen-bond acceptors (Lipinski definition) is 6. The molecule has 0 radical (unpaired) electrons. The predicted molar refractivity (Wildman–Crippen MR) is 124 cm³/mol. The van der Waals surface area contributed by atoms with E-state index in [-0.39, 0.29) is 12.7 Å². The summed E-state index contributed by atoms with van der Waals surface area (Å²) in [6, 6.07) is 5.93. The molecule has 1 aromatic rings. The minimum absolute atomic E-state index is 0.209. The van der Waals surface area contributed by atoms with E-state index >= 15 is 0 Å². The summed E-state index contributed by atoms with van der Waals surface area (Å²) in [5, 5.41) is 6.09. The fraction of sp³-hybridized carbons (Fsp3) is 0.522. The van der Waals surface area contributed by atoms with E-state index in [2.05, 4.69) is 15.5 Å². The minimum Gasteiger partial charge on any atom is -0.463 e.